The summed E-state index contributed by atoms with van der Waals surface area (Å²) in [5.41, 5.74) is 6.84. The maximum absolute atomic E-state index is 11.8. The Kier molecular flexibility index (Phi) is 2.71. The van der Waals surface area contributed by atoms with E-state index in [1.807, 2.05) is 0 Å². The number of fused-ring (bicyclic) bond motifs is 1. The van der Waals surface area contributed by atoms with E-state index < -0.39 is 5.76 Å². The summed E-state index contributed by atoms with van der Waals surface area (Å²) in [4.78, 5) is 26.5. The Balaban J connectivity index is 1.75. The van der Waals surface area contributed by atoms with Crippen LogP contribution in [0.25, 0.3) is 11.1 Å². The molecule has 2 aromatic heterocycles. The van der Waals surface area contributed by atoms with E-state index in [1.54, 1.807) is 18.2 Å². The molecule has 0 radical (unpaired) electrons. The van der Waals surface area contributed by atoms with Crippen molar-refractivity contribution in [3.63, 3.8) is 0 Å². The Morgan fingerprint density at radius 2 is 2.35 bits per heavy atom. The lowest BCUT2D eigenvalue weighted by molar-refractivity contribution is -0.117. The number of aromatic amines is 1. The third-order valence-electron chi connectivity index (χ3n) is 2.54. The number of hydrogen-bond acceptors (Lipinski definition) is 6. The minimum atomic E-state index is -0.542. The normalized spacial score (nSPS) is 10.8. The van der Waals surface area contributed by atoms with Crippen molar-refractivity contribution in [2.24, 2.45) is 0 Å². The zero-order chi connectivity index (χ0) is 14.1. The molecule has 2 heterocycles. The highest BCUT2D eigenvalue weighted by molar-refractivity contribution is 5.92. The van der Waals surface area contributed by atoms with E-state index in [0.29, 0.717) is 16.8 Å². The minimum absolute atomic E-state index is 0.0632. The molecule has 0 spiro atoms. The maximum atomic E-state index is 11.8. The summed E-state index contributed by atoms with van der Waals surface area (Å²) in [6.45, 7) is -0.0632. The molecule has 1 amide bonds. The van der Waals surface area contributed by atoms with Gasteiger partial charge in [0.25, 0.3) is 0 Å². The van der Waals surface area contributed by atoms with Gasteiger partial charge in [-0.3, -0.25) is 9.78 Å². The Bertz CT molecular complexity index is 830. The van der Waals surface area contributed by atoms with E-state index in [1.165, 1.54) is 11.0 Å². The molecule has 0 aliphatic heterocycles. The largest absolute Gasteiger partial charge is 0.417 e. The molecule has 0 bridgehead atoms. The molecule has 0 fully saturated rings. The van der Waals surface area contributed by atoms with E-state index >= 15 is 0 Å². The van der Waals surface area contributed by atoms with Crippen LogP contribution in [-0.4, -0.2) is 25.9 Å². The fourth-order valence-corrected chi connectivity index (χ4v) is 1.74. The highest BCUT2D eigenvalue weighted by atomic mass is 16.4. The van der Waals surface area contributed by atoms with Gasteiger partial charge in [-0.1, -0.05) is 0 Å². The van der Waals surface area contributed by atoms with Gasteiger partial charge < -0.3 is 15.5 Å². The topological polar surface area (TPSA) is 132 Å². The number of carbonyl (C=O) groups excluding carboxylic acids is 1. The number of nitrogen functional groups attached to an aromatic ring is 1. The van der Waals surface area contributed by atoms with E-state index in [9.17, 15) is 9.59 Å². The highest BCUT2D eigenvalue weighted by Gasteiger charge is 2.07. The summed E-state index contributed by atoms with van der Waals surface area (Å²) < 4.78 is 4.90. The fourth-order valence-electron chi connectivity index (χ4n) is 1.74. The van der Waals surface area contributed by atoms with Gasteiger partial charge in [0, 0.05) is 11.8 Å². The molecule has 3 rings (SSSR count). The molecule has 0 aliphatic rings. The molecule has 102 valence electrons. The summed E-state index contributed by atoms with van der Waals surface area (Å²) in [6.07, 6.45) is 1.35. The molecule has 1 aromatic carbocycles. The van der Waals surface area contributed by atoms with Crippen molar-refractivity contribution in [1.29, 1.82) is 0 Å². The summed E-state index contributed by atoms with van der Waals surface area (Å²) in [6, 6.07) is 4.84. The Morgan fingerprint density at radius 1 is 1.50 bits per heavy atom. The number of H-pyrrole nitrogens is 1. The molecule has 0 aliphatic carbocycles. The molecule has 9 nitrogen and oxygen atoms in total. The van der Waals surface area contributed by atoms with Crippen molar-refractivity contribution in [3.8, 4) is 0 Å². The summed E-state index contributed by atoms with van der Waals surface area (Å²) in [7, 11) is 0. The van der Waals surface area contributed by atoms with Gasteiger partial charge in [-0.2, -0.15) is 9.90 Å². The number of amides is 1. The van der Waals surface area contributed by atoms with Crippen LogP contribution in [0.2, 0.25) is 0 Å². The van der Waals surface area contributed by atoms with Crippen LogP contribution in [0.15, 0.2) is 33.6 Å². The molecule has 0 saturated carbocycles. The molecule has 4 N–H and O–H groups in total. The smallest absolute Gasteiger partial charge is 0.408 e. The number of hydrogen-bond donors (Lipinski definition) is 3. The number of benzene rings is 1. The van der Waals surface area contributed by atoms with Gasteiger partial charge in [0.2, 0.25) is 5.91 Å². The van der Waals surface area contributed by atoms with Crippen molar-refractivity contribution in [2.45, 2.75) is 6.54 Å². The number of nitrogens with two attached hydrogens (primary N) is 1. The molecule has 3 aromatic rings. The van der Waals surface area contributed by atoms with Crippen LogP contribution in [0.3, 0.4) is 0 Å². The van der Waals surface area contributed by atoms with Crippen molar-refractivity contribution in [2.75, 3.05) is 11.1 Å². The predicted octanol–water partition coefficient (Wildman–Crippen LogP) is -0.0665. The first-order chi connectivity index (χ1) is 9.60. The Morgan fingerprint density at radius 3 is 3.10 bits per heavy atom. The third kappa shape index (κ3) is 2.36. The number of carbonyl (C=O) groups is 1. The van der Waals surface area contributed by atoms with Crippen LogP contribution >= 0.6 is 0 Å². The summed E-state index contributed by atoms with van der Waals surface area (Å²) in [5.74, 6) is -0.620. The van der Waals surface area contributed by atoms with Gasteiger partial charge in [-0.05, 0) is 12.1 Å². The zero-order valence-corrected chi connectivity index (χ0v) is 10.2. The minimum Gasteiger partial charge on any atom is -0.408 e. The quantitative estimate of drug-likeness (QED) is 0.612. The molecule has 0 atom stereocenters. The number of nitrogens with one attached hydrogen (secondary N) is 2. The first-order valence-corrected chi connectivity index (χ1v) is 5.68. The fraction of sp³-hybridized carbons (Fsp3) is 0.0909. The molecule has 9 heteroatoms. The van der Waals surface area contributed by atoms with Gasteiger partial charge in [0.05, 0.1) is 11.7 Å². The molecule has 20 heavy (non-hydrogen) atoms. The van der Waals surface area contributed by atoms with E-state index in [-0.39, 0.29) is 18.3 Å². The number of oxazole rings is 1. The van der Waals surface area contributed by atoms with Crippen LogP contribution in [-0.2, 0) is 11.3 Å². The average molecular weight is 274 g/mol. The number of aromatic nitrogens is 4. The SMILES string of the molecule is Nc1cnn(CC(=O)Nc2ccc3[nH]c(=O)oc3c2)n1. The van der Waals surface area contributed by atoms with E-state index in [0.717, 1.165) is 0 Å². The van der Waals surface area contributed by atoms with Gasteiger partial charge >= 0.3 is 5.76 Å². The highest BCUT2D eigenvalue weighted by Crippen LogP contribution is 2.16. The van der Waals surface area contributed by atoms with Crippen molar-refractivity contribution in [1.82, 2.24) is 20.0 Å². The van der Waals surface area contributed by atoms with E-state index in [2.05, 4.69) is 20.5 Å². The molecular weight excluding hydrogens is 264 g/mol. The number of rotatable bonds is 3. The second-order valence-corrected chi connectivity index (χ2v) is 4.07. The van der Waals surface area contributed by atoms with Crippen molar-refractivity contribution >= 4 is 28.5 Å². The standard InChI is InChI=1S/C11H10N6O3/c12-9-4-13-17(16-9)5-10(18)14-6-1-2-7-8(3-6)20-11(19)15-7/h1-4H,5H2,(H2,12,16)(H,14,18)(H,15,19). The van der Waals surface area contributed by atoms with Crippen LogP contribution in [0, 0.1) is 0 Å². The maximum Gasteiger partial charge on any atom is 0.417 e. The first kappa shape index (κ1) is 12.0. The first-order valence-electron chi connectivity index (χ1n) is 5.68. The van der Waals surface area contributed by atoms with Gasteiger partial charge in [-0.15, -0.1) is 5.10 Å². The van der Waals surface area contributed by atoms with Crippen LogP contribution in [0.4, 0.5) is 11.5 Å². The number of anilines is 2. The van der Waals surface area contributed by atoms with Gasteiger partial charge in [-0.25, -0.2) is 4.79 Å². The zero-order valence-electron chi connectivity index (χ0n) is 10.2. The van der Waals surface area contributed by atoms with Gasteiger partial charge in [0.15, 0.2) is 11.4 Å². The molecule has 0 unspecified atom stereocenters. The summed E-state index contributed by atoms with van der Waals surface area (Å²) in [5, 5.41) is 10.3. The number of nitrogens with zero attached hydrogens (tertiary/aromatic N) is 3. The second-order valence-electron chi connectivity index (χ2n) is 4.07. The van der Waals surface area contributed by atoms with E-state index in [4.69, 9.17) is 10.2 Å². The Hall–Kier alpha value is -3.10. The monoisotopic (exact) mass is 274 g/mol. The van der Waals surface area contributed by atoms with Crippen LogP contribution < -0.4 is 16.8 Å². The Labute approximate surface area is 111 Å². The lowest BCUT2D eigenvalue weighted by Gasteiger charge is -2.04. The predicted molar refractivity (Wildman–Crippen MR) is 69.9 cm³/mol. The van der Waals surface area contributed by atoms with Crippen LogP contribution in [0.5, 0.6) is 0 Å². The average Bonchev–Trinajstić information content (AvgIpc) is 2.93. The van der Waals surface area contributed by atoms with Crippen molar-refractivity contribution < 1.29 is 9.21 Å². The summed E-state index contributed by atoms with van der Waals surface area (Å²) >= 11 is 0. The molecule has 0 saturated heterocycles. The van der Waals surface area contributed by atoms with Crippen LogP contribution in [0.1, 0.15) is 0 Å². The third-order valence-corrected chi connectivity index (χ3v) is 2.54. The van der Waals surface area contributed by atoms with Crippen molar-refractivity contribution in [3.05, 3.63) is 34.9 Å². The van der Waals surface area contributed by atoms with Gasteiger partial charge in [0.1, 0.15) is 6.54 Å². The lowest BCUT2D eigenvalue weighted by Crippen LogP contribution is -2.20. The second kappa shape index (κ2) is 4.53. The lowest BCUT2D eigenvalue weighted by atomic mass is 10.3. The molecular formula is C11H10N6O3.